The number of guanidine groups is 1. The van der Waals surface area contributed by atoms with E-state index in [1.165, 1.54) is 16.0 Å². The number of nitrogens with one attached hydrogen (secondary N) is 2. The molecule has 6 heteroatoms. The lowest BCUT2D eigenvalue weighted by atomic mass is 10.1. The van der Waals surface area contributed by atoms with Crippen molar-refractivity contribution in [2.75, 3.05) is 25.9 Å². The molecule has 1 heterocycles. The number of thioether (sulfide) groups is 1. The number of amides is 1. The normalized spacial score (nSPS) is 14.4. The minimum atomic E-state index is 0.269. The molecule has 3 rings (SSSR count). The molecule has 28 heavy (non-hydrogen) atoms. The van der Waals surface area contributed by atoms with Gasteiger partial charge in [0.2, 0.25) is 5.91 Å². The van der Waals surface area contributed by atoms with Crippen LogP contribution in [0.2, 0.25) is 0 Å². The van der Waals surface area contributed by atoms with Crippen molar-refractivity contribution in [3.8, 4) is 0 Å². The standard InChI is InChI=1S/C22H28N4OS/c1-23-22(24-13-15-28-20-6-3-2-4-7-20)25-16-18-9-11-19(12-10-18)17-26-14-5-8-21(26)27/h2-4,6-7,9-12H,5,8,13-17H2,1H3,(H2,23,24,25). The Balaban J connectivity index is 1.37. The van der Waals surface area contributed by atoms with Crippen LogP contribution < -0.4 is 10.6 Å². The van der Waals surface area contributed by atoms with Crippen molar-refractivity contribution in [1.82, 2.24) is 15.5 Å². The van der Waals surface area contributed by atoms with Crippen LogP contribution >= 0.6 is 11.8 Å². The summed E-state index contributed by atoms with van der Waals surface area (Å²) in [6.07, 6.45) is 1.68. The van der Waals surface area contributed by atoms with Gasteiger partial charge in [0.25, 0.3) is 0 Å². The van der Waals surface area contributed by atoms with Crippen LogP contribution in [0, 0.1) is 0 Å². The van der Waals surface area contributed by atoms with Gasteiger partial charge >= 0.3 is 0 Å². The molecule has 1 amide bonds. The molecule has 0 radical (unpaired) electrons. The van der Waals surface area contributed by atoms with Crippen molar-refractivity contribution in [3.05, 3.63) is 65.7 Å². The first-order chi connectivity index (χ1) is 13.7. The lowest BCUT2D eigenvalue weighted by Gasteiger charge is -2.16. The van der Waals surface area contributed by atoms with Gasteiger partial charge in [-0.05, 0) is 29.7 Å². The summed E-state index contributed by atoms with van der Waals surface area (Å²) in [5.41, 5.74) is 2.37. The maximum absolute atomic E-state index is 11.7. The van der Waals surface area contributed by atoms with E-state index in [2.05, 4.69) is 64.2 Å². The highest BCUT2D eigenvalue weighted by molar-refractivity contribution is 7.99. The zero-order valence-corrected chi connectivity index (χ0v) is 17.2. The van der Waals surface area contributed by atoms with Gasteiger partial charge in [0.1, 0.15) is 0 Å². The van der Waals surface area contributed by atoms with Gasteiger partial charge in [-0.25, -0.2) is 0 Å². The van der Waals surface area contributed by atoms with Gasteiger partial charge in [-0.2, -0.15) is 0 Å². The first-order valence-electron chi connectivity index (χ1n) is 9.72. The lowest BCUT2D eigenvalue weighted by molar-refractivity contribution is -0.128. The Bertz CT molecular complexity index is 777. The number of hydrogen-bond acceptors (Lipinski definition) is 3. The predicted octanol–water partition coefficient (Wildman–Crippen LogP) is 3.27. The molecule has 0 bridgehead atoms. The number of aliphatic imine (C=N–C) groups is 1. The highest BCUT2D eigenvalue weighted by Gasteiger charge is 2.19. The van der Waals surface area contributed by atoms with E-state index in [0.29, 0.717) is 13.0 Å². The molecule has 0 atom stereocenters. The van der Waals surface area contributed by atoms with E-state index < -0.39 is 0 Å². The van der Waals surface area contributed by atoms with Crippen molar-refractivity contribution in [2.24, 2.45) is 4.99 Å². The summed E-state index contributed by atoms with van der Waals surface area (Å²) in [6, 6.07) is 18.8. The van der Waals surface area contributed by atoms with Crippen LogP contribution in [0.25, 0.3) is 0 Å². The van der Waals surface area contributed by atoms with Gasteiger partial charge in [-0.3, -0.25) is 9.79 Å². The summed E-state index contributed by atoms with van der Waals surface area (Å²) < 4.78 is 0. The molecule has 2 aromatic rings. The van der Waals surface area contributed by atoms with E-state index in [-0.39, 0.29) is 5.91 Å². The second-order valence-electron chi connectivity index (χ2n) is 6.75. The van der Waals surface area contributed by atoms with Gasteiger partial charge in [0, 0.05) is 50.3 Å². The van der Waals surface area contributed by atoms with Gasteiger partial charge in [0.15, 0.2) is 5.96 Å². The lowest BCUT2D eigenvalue weighted by Crippen LogP contribution is -2.37. The summed E-state index contributed by atoms with van der Waals surface area (Å²) in [5, 5.41) is 6.70. The number of rotatable bonds is 8. The molecule has 0 unspecified atom stereocenters. The highest BCUT2D eigenvalue weighted by Crippen LogP contribution is 2.16. The molecule has 0 saturated carbocycles. The molecule has 2 aromatic carbocycles. The monoisotopic (exact) mass is 396 g/mol. The highest BCUT2D eigenvalue weighted by atomic mass is 32.2. The Morgan fingerprint density at radius 2 is 1.82 bits per heavy atom. The number of likely N-dealkylation sites (tertiary alicyclic amines) is 1. The molecule has 1 aliphatic rings. The SMILES string of the molecule is CN=C(NCCSc1ccccc1)NCc1ccc(CN2CCCC2=O)cc1. The smallest absolute Gasteiger partial charge is 0.222 e. The fraction of sp³-hybridized carbons (Fsp3) is 0.364. The van der Waals surface area contributed by atoms with Gasteiger partial charge in [0.05, 0.1) is 0 Å². The molecule has 2 N–H and O–H groups in total. The molecule has 1 saturated heterocycles. The number of nitrogens with zero attached hydrogens (tertiary/aromatic N) is 2. The van der Waals surface area contributed by atoms with Crippen molar-refractivity contribution in [2.45, 2.75) is 30.8 Å². The second kappa shape index (κ2) is 10.8. The average molecular weight is 397 g/mol. The van der Waals surface area contributed by atoms with E-state index >= 15 is 0 Å². The Morgan fingerprint density at radius 1 is 1.07 bits per heavy atom. The predicted molar refractivity (Wildman–Crippen MR) is 116 cm³/mol. The first kappa shape index (κ1) is 20.3. The quantitative estimate of drug-likeness (QED) is 0.311. The minimum Gasteiger partial charge on any atom is -0.356 e. The molecule has 0 spiro atoms. The maximum Gasteiger partial charge on any atom is 0.222 e. The number of hydrogen-bond donors (Lipinski definition) is 2. The molecule has 0 aliphatic carbocycles. The van der Waals surface area contributed by atoms with Crippen molar-refractivity contribution in [3.63, 3.8) is 0 Å². The number of carbonyl (C=O) groups is 1. The molecule has 5 nitrogen and oxygen atoms in total. The van der Waals surface area contributed by atoms with Gasteiger partial charge < -0.3 is 15.5 Å². The first-order valence-corrected chi connectivity index (χ1v) is 10.7. The van der Waals surface area contributed by atoms with Crippen LogP contribution in [0.15, 0.2) is 64.5 Å². The average Bonchev–Trinajstić information content (AvgIpc) is 3.14. The zero-order valence-electron chi connectivity index (χ0n) is 16.4. The third-order valence-corrected chi connectivity index (χ3v) is 5.67. The minimum absolute atomic E-state index is 0.269. The van der Waals surface area contributed by atoms with Crippen LogP contribution in [-0.4, -0.2) is 42.7 Å². The Hall–Kier alpha value is -2.47. The topological polar surface area (TPSA) is 56.7 Å². The summed E-state index contributed by atoms with van der Waals surface area (Å²) in [4.78, 5) is 19.2. The van der Waals surface area contributed by atoms with Gasteiger partial charge in [-0.1, -0.05) is 42.5 Å². The summed E-state index contributed by atoms with van der Waals surface area (Å²) in [6.45, 7) is 3.16. The Labute approximate surface area is 171 Å². The number of benzene rings is 2. The molecule has 1 fully saturated rings. The molecular weight excluding hydrogens is 368 g/mol. The fourth-order valence-corrected chi connectivity index (χ4v) is 3.90. The molecule has 0 aromatic heterocycles. The summed E-state index contributed by atoms with van der Waals surface area (Å²) in [7, 11) is 1.79. The molecule has 1 aliphatic heterocycles. The van der Waals surface area contributed by atoms with Crippen LogP contribution in [-0.2, 0) is 17.9 Å². The van der Waals surface area contributed by atoms with Crippen LogP contribution in [0.5, 0.6) is 0 Å². The van der Waals surface area contributed by atoms with Crippen molar-refractivity contribution >= 4 is 23.6 Å². The van der Waals surface area contributed by atoms with E-state index in [1.807, 2.05) is 22.7 Å². The molecular formula is C22H28N4OS. The van der Waals surface area contributed by atoms with E-state index in [1.54, 1.807) is 7.05 Å². The third kappa shape index (κ3) is 6.30. The van der Waals surface area contributed by atoms with Crippen molar-refractivity contribution in [1.29, 1.82) is 0 Å². The van der Waals surface area contributed by atoms with Crippen LogP contribution in [0.3, 0.4) is 0 Å². The third-order valence-electron chi connectivity index (χ3n) is 4.66. The van der Waals surface area contributed by atoms with E-state index in [0.717, 1.165) is 37.8 Å². The van der Waals surface area contributed by atoms with Crippen LogP contribution in [0.1, 0.15) is 24.0 Å². The maximum atomic E-state index is 11.7. The van der Waals surface area contributed by atoms with E-state index in [9.17, 15) is 4.79 Å². The summed E-state index contributed by atoms with van der Waals surface area (Å²) >= 11 is 1.83. The molecule has 148 valence electrons. The Kier molecular flexibility index (Phi) is 7.79. The second-order valence-corrected chi connectivity index (χ2v) is 7.92. The number of carbonyl (C=O) groups excluding carboxylic acids is 1. The largest absolute Gasteiger partial charge is 0.356 e. The Morgan fingerprint density at radius 3 is 2.50 bits per heavy atom. The zero-order chi connectivity index (χ0) is 19.6. The summed E-state index contributed by atoms with van der Waals surface area (Å²) in [5.74, 6) is 2.06. The fourth-order valence-electron chi connectivity index (χ4n) is 3.12. The van der Waals surface area contributed by atoms with Crippen molar-refractivity contribution < 1.29 is 4.79 Å². The van der Waals surface area contributed by atoms with E-state index in [4.69, 9.17) is 0 Å². The van der Waals surface area contributed by atoms with Gasteiger partial charge in [-0.15, -0.1) is 11.8 Å². The van der Waals surface area contributed by atoms with Crippen LogP contribution in [0.4, 0.5) is 0 Å².